The van der Waals surface area contributed by atoms with Crippen LogP contribution in [0.25, 0.3) is 11.3 Å². The predicted octanol–water partition coefficient (Wildman–Crippen LogP) is 4.33. The smallest absolute Gasteiger partial charge is 0.225 e. The van der Waals surface area contributed by atoms with E-state index in [9.17, 15) is 4.79 Å². The molecule has 6 heteroatoms. The van der Waals surface area contributed by atoms with Crippen molar-refractivity contribution in [2.45, 2.75) is 19.4 Å². The molecule has 2 aromatic carbocycles. The molecule has 4 rings (SSSR count). The Bertz CT molecular complexity index is 962. The summed E-state index contributed by atoms with van der Waals surface area (Å²) < 4.78 is 0. The largest absolute Gasteiger partial charge is 0.354 e. The fourth-order valence-electron chi connectivity index (χ4n) is 3.62. The van der Waals surface area contributed by atoms with Crippen molar-refractivity contribution in [3.63, 3.8) is 0 Å². The van der Waals surface area contributed by atoms with Crippen LogP contribution >= 0.6 is 11.6 Å². The quantitative estimate of drug-likeness (QED) is 0.685. The molecular formula is C23H23ClN4O. The number of rotatable bonds is 5. The van der Waals surface area contributed by atoms with Crippen LogP contribution in [-0.2, 0) is 11.3 Å². The molecule has 29 heavy (non-hydrogen) atoms. The first kappa shape index (κ1) is 19.4. The number of nitrogens with one attached hydrogen (secondary N) is 1. The van der Waals surface area contributed by atoms with Crippen LogP contribution in [0.1, 0.15) is 18.4 Å². The van der Waals surface area contributed by atoms with Gasteiger partial charge in [0.1, 0.15) is 0 Å². The van der Waals surface area contributed by atoms with Crippen molar-refractivity contribution >= 4 is 23.3 Å². The average Bonchev–Trinajstić information content (AvgIpc) is 2.79. The van der Waals surface area contributed by atoms with Gasteiger partial charge in [-0.2, -0.15) is 0 Å². The minimum atomic E-state index is -0.0677. The third kappa shape index (κ3) is 4.74. The van der Waals surface area contributed by atoms with Crippen LogP contribution in [0.15, 0.2) is 66.7 Å². The Labute approximate surface area is 175 Å². The first-order chi connectivity index (χ1) is 14.2. The molecule has 0 aliphatic carbocycles. The van der Waals surface area contributed by atoms with Crippen molar-refractivity contribution in [1.82, 2.24) is 15.5 Å². The highest BCUT2D eigenvalue weighted by Gasteiger charge is 2.26. The highest BCUT2D eigenvalue weighted by molar-refractivity contribution is 6.31. The van der Waals surface area contributed by atoms with Crippen molar-refractivity contribution in [1.29, 1.82) is 0 Å². The molecule has 2 heterocycles. The summed E-state index contributed by atoms with van der Waals surface area (Å²) in [5, 5.41) is 12.5. The van der Waals surface area contributed by atoms with Gasteiger partial charge in [0, 0.05) is 30.2 Å². The molecule has 0 saturated carbocycles. The van der Waals surface area contributed by atoms with E-state index in [1.54, 1.807) is 0 Å². The Morgan fingerprint density at radius 1 is 1.03 bits per heavy atom. The zero-order valence-electron chi connectivity index (χ0n) is 16.1. The summed E-state index contributed by atoms with van der Waals surface area (Å²) in [6.07, 6.45) is 1.83. The van der Waals surface area contributed by atoms with Crippen LogP contribution < -0.4 is 10.2 Å². The number of nitrogens with zero attached hydrogens (tertiary/aromatic N) is 3. The lowest BCUT2D eigenvalue weighted by Gasteiger charge is -2.32. The Kier molecular flexibility index (Phi) is 6.06. The van der Waals surface area contributed by atoms with Gasteiger partial charge in [0.15, 0.2) is 5.82 Å². The van der Waals surface area contributed by atoms with Gasteiger partial charge in [-0.25, -0.2) is 0 Å². The van der Waals surface area contributed by atoms with Crippen molar-refractivity contribution in [3.05, 3.63) is 77.3 Å². The molecule has 0 bridgehead atoms. The Morgan fingerprint density at radius 3 is 2.59 bits per heavy atom. The fourth-order valence-corrected chi connectivity index (χ4v) is 3.83. The Balaban J connectivity index is 1.38. The highest BCUT2D eigenvalue weighted by atomic mass is 35.5. The molecule has 5 nitrogen and oxygen atoms in total. The van der Waals surface area contributed by atoms with E-state index in [0.717, 1.165) is 42.0 Å². The van der Waals surface area contributed by atoms with E-state index in [0.29, 0.717) is 18.1 Å². The van der Waals surface area contributed by atoms with Crippen molar-refractivity contribution in [3.8, 4) is 11.3 Å². The van der Waals surface area contributed by atoms with Gasteiger partial charge in [0.25, 0.3) is 0 Å². The summed E-state index contributed by atoms with van der Waals surface area (Å²) in [6.45, 7) is 1.97. The molecule has 1 amide bonds. The van der Waals surface area contributed by atoms with Gasteiger partial charge in [-0.15, -0.1) is 10.2 Å². The molecule has 148 valence electrons. The lowest BCUT2D eigenvalue weighted by molar-refractivity contribution is -0.125. The Hall–Kier alpha value is -2.92. The van der Waals surface area contributed by atoms with Crippen LogP contribution in [0.2, 0.25) is 5.02 Å². The van der Waals surface area contributed by atoms with Gasteiger partial charge in [0.05, 0.1) is 11.6 Å². The molecule has 0 radical (unpaired) electrons. The van der Waals surface area contributed by atoms with Crippen molar-refractivity contribution in [2.24, 2.45) is 5.92 Å². The van der Waals surface area contributed by atoms with Gasteiger partial charge in [0.2, 0.25) is 5.91 Å². The molecule has 1 aliphatic rings. The summed E-state index contributed by atoms with van der Waals surface area (Å²) in [4.78, 5) is 14.8. The Morgan fingerprint density at radius 2 is 1.83 bits per heavy atom. The second kappa shape index (κ2) is 9.05. The zero-order valence-corrected chi connectivity index (χ0v) is 16.8. The number of carbonyl (C=O) groups excluding carboxylic acids is 1. The molecule has 1 aliphatic heterocycles. The normalized spacial score (nSPS) is 16.4. The number of anilines is 1. The average molecular weight is 407 g/mol. The number of carbonyl (C=O) groups is 1. The monoisotopic (exact) mass is 406 g/mol. The van der Waals surface area contributed by atoms with Crippen molar-refractivity contribution in [2.75, 3.05) is 18.0 Å². The number of benzene rings is 2. The number of amides is 1. The molecule has 1 saturated heterocycles. The molecule has 1 aromatic heterocycles. The summed E-state index contributed by atoms with van der Waals surface area (Å²) in [6, 6.07) is 21.5. The van der Waals surface area contributed by atoms with Crippen LogP contribution in [0.4, 0.5) is 5.82 Å². The zero-order chi connectivity index (χ0) is 20.1. The number of hydrogen-bond donors (Lipinski definition) is 1. The molecule has 1 atom stereocenters. The molecule has 1 fully saturated rings. The maximum Gasteiger partial charge on any atom is 0.225 e. The number of aromatic nitrogens is 2. The van der Waals surface area contributed by atoms with Crippen LogP contribution in [0.5, 0.6) is 0 Å². The molecule has 0 unspecified atom stereocenters. The van der Waals surface area contributed by atoms with Crippen LogP contribution in [0, 0.1) is 5.92 Å². The number of piperidine rings is 1. The lowest BCUT2D eigenvalue weighted by atomic mass is 9.97. The van der Waals surface area contributed by atoms with Gasteiger partial charge in [-0.3, -0.25) is 4.79 Å². The summed E-state index contributed by atoms with van der Waals surface area (Å²) >= 11 is 6.18. The van der Waals surface area contributed by atoms with Crippen LogP contribution in [0.3, 0.4) is 0 Å². The third-order valence-electron chi connectivity index (χ3n) is 5.25. The van der Waals surface area contributed by atoms with E-state index in [2.05, 4.69) is 20.4 Å². The summed E-state index contributed by atoms with van der Waals surface area (Å²) in [5.74, 6) is 0.804. The van der Waals surface area contributed by atoms with E-state index in [4.69, 9.17) is 11.6 Å². The van der Waals surface area contributed by atoms with Crippen LogP contribution in [-0.4, -0.2) is 29.2 Å². The maximum absolute atomic E-state index is 12.7. The molecule has 1 N–H and O–H groups in total. The highest BCUT2D eigenvalue weighted by Crippen LogP contribution is 2.24. The predicted molar refractivity (Wildman–Crippen MR) is 116 cm³/mol. The minimum Gasteiger partial charge on any atom is -0.354 e. The fraction of sp³-hybridized carbons (Fsp3) is 0.261. The first-order valence-electron chi connectivity index (χ1n) is 9.86. The van der Waals surface area contributed by atoms with Gasteiger partial charge >= 0.3 is 0 Å². The van der Waals surface area contributed by atoms with E-state index in [-0.39, 0.29) is 11.8 Å². The second-order valence-electron chi connectivity index (χ2n) is 7.24. The van der Waals surface area contributed by atoms with Crippen molar-refractivity contribution < 1.29 is 4.79 Å². The standard InChI is InChI=1S/C23H23ClN4O/c24-20-11-5-4-9-18(20)15-25-23(29)19-10-6-14-28(16-19)22-13-12-21(26-27-22)17-7-2-1-3-8-17/h1-5,7-9,11-13,19H,6,10,14-16H2,(H,25,29)/t19-/m1/s1. The number of hydrogen-bond acceptors (Lipinski definition) is 4. The van der Waals surface area contributed by atoms with Gasteiger partial charge in [-0.05, 0) is 36.6 Å². The summed E-state index contributed by atoms with van der Waals surface area (Å²) in [5.41, 5.74) is 2.82. The van der Waals surface area contributed by atoms with E-state index in [1.807, 2.05) is 66.7 Å². The molecular weight excluding hydrogens is 384 g/mol. The van der Waals surface area contributed by atoms with Gasteiger partial charge in [-0.1, -0.05) is 60.1 Å². The molecule has 3 aromatic rings. The molecule has 0 spiro atoms. The first-order valence-corrected chi connectivity index (χ1v) is 10.2. The van der Waals surface area contributed by atoms with Gasteiger partial charge < -0.3 is 10.2 Å². The van der Waals surface area contributed by atoms with E-state index in [1.165, 1.54) is 0 Å². The second-order valence-corrected chi connectivity index (χ2v) is 7.64. The lowest BCUT2D eigenvalue weighted by Crippen LogP contribution is -2.43. The van der Waals surface area contributed by atoms with E-state index < -0.39 is 0 Å². The topological polar surface area (TPSA) is 58.1 Å². The third-order valence-corrected chi connectivity index (χ3v) is 5.62. The SMILES string of the molecule is O=C(NCc1ccccc1Cl)[C@@H]1CCCN(c2ccc(-c3ccccc3)nn2)C1. The maximum atomic E-state index is 12.7. The summed E-state index contributed by atoms with van der Waals surface area (Å²) in [7, 11) is 0. The van der Waals surface area contributed by atoms with E-state index >= 15 is 0 Å². The number of halogens is 1. The minimum absolute atomic E-state index is 0.0588.